The summed E-state index contributed by atoms with van der Waals surface area (Å²) in [4.78, 5) is 0. The third kappa shape index (κ3) is 1.73. The summed E-state index contributed by atoms with van der Waals surface area (Å²) in [5.74, 6) is 1.78. The Morgan fingerprint density at radius 3 is 3.15 bits per heavy atom. The molecule has 0 saturated carbocycles. The molecule has 1 aromatic carbocycles. The van der Waals surface area contributed by atoms with Crippen LogP contribution in [0.15, 0.2) is 18.2 Å². The number of nitrogens with zero attached hydrogens (tertiary/aromatic N) is 1. The lowest BCUT2D eigenvalue weighted by Gasteiger charge is -2.24. The Bertz CT molecular complexity index is 316. The lowest BCUT2D eigenvalue weighted by atomic mass is 10.2. The van der Waals surface area contributed by atoms with Crippen molar-refractivity contribution in [2.24, 2.45) is 0 Å². The highest BCUT2D eigenvalue weighted by Crippen LogP contribution is 2.28. The number of thiol groups is 1. The molecule has 13 heavy (non-hydrogen) atoms. The van der Waals surface area contributed by atoms with Crippen molar-refractivity contribution in [1.29, 1.82) is 0 Å². The third-order valence-electron chi connectivity index (χ3n) is 1.99. The van der Waals surface area contributed by atoms with E-state index in [1.807, 2.05) is 22.5 Å². The zero-order valence-corrected chi connectivity index (χ0v) is 8.25. The average molecular weight is 197 g/mol. The van der Waals surface area contributed by atoms with Gasteiger partial charge in [-0.05, 0) is 18.2 Å². The van der Waals surface area contributed by atoms with Crippen molar-refractivity contribution in [2.45, 2.75) is 6.54 Å². The highest BCUT2D eigenvalue weighted by molar-refractivity contribution is 7.77. The summed E-state index contributed by atoms with van der Waals surface area (Å²) in [6.45, 7) is 1.32. The highest BCUT2D eigenvalue weighted by atomic mass is 32.1. The van der Waals surface area contributed by atoms with Crippen LogP contribution in [0.5, 0.6) is 11.5 Å². The number of benzene rings is 1. The van der Waals surface area contributed by atoms with E-state index in [-0.39, 0.29) is 0 Å². The van der Waals surface area contributed by atoms with Crippen molar-refractivity contribution >= 4 is 12.8 Å². The molecular weight excluding hydrogens is 186 g/mol. The largest absolute Gasteiger partial charge is 0.497 e. The first-order valence-corrected chi connectivity index (χ1v) is 4.43. The maximum Gasteiger partial charge on any atom is 0.151 e. The highest BCUT2D eigenvalue weighted by Gasteiger charge is 2.14. The summed E-state index contributed by atoms with van der Waals surface area (Å²) in [5.41, 5.74) is 1.11. The lowest BCUT2D eigenvalue weighted by molar-refractivity contribution is 0.182. The van der Waals surface area contributed by atoms with E-state index in [1.54, 1.807) is 7.11 Å². The van der Waals surface area contributed by atoms with Gasteiger partial charge in [-0.25, -0.2) is 4.31 Å². The Hall–Kier alpha value is -0.870. The van der Waals surface area contributed by atoms with Gasteiger partial charge in [0.2, 0.25) is 0 Å². The molecule has 0 amide bonds. The van der Waals surface area contributed by atoms with Gasteiger partial charge >= 0.3 is 0 Å². The summed E-state index contributed by atoms with van der Waals surface area (Å²) in [6.07, 6.45) is 0. The molecule has 4 heteroatoms. The van der Waals surface area contributed by atoms with E-state index < -0.39 is 0 Å². The minimum atomic E-state index is 0.530. The molecule has 70 valence electrons. The second-order valence-corrected chi connectivity index (χ2v) is 3.48. The van der Waals surface area contributed by atoms with Gasteiger partial charge in [0, 0.05) is 12.1 Å². The van der Waals surface area contributed by atoms with E-state index in [9.17, 15) is 0 Å². The predicted octanol–water partition coefficient (Wildman–Crippen LogP) is 1.69. The SMILES string of the molecule is COc1ccc2c(c1)CN(S)CO2. The number of ether oxygens (including phenoxy) is 2. The van der Waals surface area contributed by atoms with Gasteiger partial charge in [-0.1, -0.05) is 12.8 Å². The molecule has 0 aliphatic carbocycles. The monoisotopic (exact) mass is 197 g/mol. The van der Waals surface area contributed by atoms with Gasteiger partial charge in [0.1, 0.15) is 11.5 Å². The van der Waals surface area contributed by atoms with Crippen molar-refractivity contribution in [1.82, 2.24) is 4.31 Å². The number of fused-ring (bicyclic) bond motifs is 1. The van der Waals surface area contributed by atoms with Crippen molar-refractivity contribution in [2.75, 3.05) is 13.8 Å². The van der Waals surface area contributed by atoms with Crippen LogP contribution >= 0.6 is 12.8 Å². The van der Waals surface area contributed by atoms with Gasteiger partial charge in [0.05, 0.1) is 7.11 Å². The normalized spacial score (nSPS) is 16.2. The maximum absolute atomic E-state index is 5.43. The summed E-state index contributed by atoms with van der Waals surface area (Å²) in [7, 11) is 1.66. The molecule has 0 bridgehead atoms. The Labute approximate surface area is 82.8 Å². The summed E-state index contributed by atoms with van der Waals surface area (Å²) < 4.78 is 12.4. The molecule has 1 aliphatic rings. The first kappa shape index (κ1) is 8.72. The van der Waals surface area contributed by atoms with E-state index in [0.29, 0.717) is 6.73 Å². The molecule has 1 aromatic rings. The molecule has 1 heterocycles. The Morgan fingerprint density at radius 1 is 1.54 bits per heavy atom. The Kier molecular flexibility index (Phi) is 2.33. The van der Waals surface area contributed by atoms with Crippen LogP contribution < -0.4 is 9.47 Å². The molecule has 0 fully saturated rings. The van der Waals surface area contributed by atoms with Crippen LogP contribution in [0.4, 0.5) is 0 Å². The first-order chi connectivity index (χ1) is 6.29. The zero-order valence-electron chi connectivity index (χ0n) is 7.36. The number of hydrogen-bond acceptors (Lipinski definition) is 4. The van der Waals surface area contributed by atoms with Gasteiger partial charge in [-0.15, -0.1) is 0 Å². The minimum absolute atomic E-state index is 0.530. The van der Waals surface area contributed by atoms with Gasteiger partial charge in [-0.3, -0.25) is 0 Å². The fourth-order valence-electron chi connectivity index (χ4n) is 1.33. The molecule has 0 unspecified atom stereocenters. The van der Waals surface area contributed by atoms with Crippen molar-refractivity contribution in [3.8, 4) is 11.5 Å². The van der Waals surface area contributed by atoms with Crippen LogP contribution in [0.2, 0.25) is 0 Å². The molecule has 1 aliphatic heterocycles. The molecule has 2 rings (SSSR count). The van der Waals surface area contributed by atoms with Gasteiger partial charge in [0.25, 0.3) is 0 Å². The molecule has 0 saturated heterocycles. The molecule has 0 N–H and O–H groups in total. The summed E-state index contributed by atoms with van der Waals surface area (Å²) >= 11 is 4.22. The molecule has 0 atom stereocenters. The predicted molar refractivity (Wildman–Crippen MR) is 53.0 cm³/mol. The fourth-order valence-corrected chi connectivity index (χ4v) is 1.54. The van der Waals surface area contributed by atoms with Crippen molar-refractivity contribution in [3.05, 3.63) is 23.8 Å². The second kappa shape index (κ2) is 3.47. The van der Waals surface area contributed by atoms with Crippen LogP contribution in [0.1, 0.15) is 5.56 Å². The van der Waals surface area contributed by atoms with Crippen molar-refractivity contribution < 1.29 is 9.47 Å². The first-order valence-electron chi connectivity index (χ1n) is 4.03. The molecule has 0 spiro atoms. The fraction of sp³-hybridized carbons (Fsp3) is 0.333. The summed E-state index contributed by atoms with van der Waals surface area (Å²) in [5, 5.41) is 0. The van der Waals surface area contributed by atoms with Gasteiger partial charge < -0.3 is 9.47 Å². The lowest BCUT2D eigenvalue weighted by Crippen LogP contribution is -2.23. The molecule has 0 aromatic heterocycles. The minimum Gasteiger partial charge on any atom is -0.497 e. The summed E-state index contributed by atoms with van der Waals surface area (Å²) in [6, 6.07) is 5.79. The number of rotatable bonds is 1. The Morgan fingerprint density at radius 2 is 2.38 bits per heavy atom. The van der Waals surface area contributed by atoms with E-state index in [0.717, 1.165) is 23.6 Å². The standard InChI is InChI=1S/C9H11NO2S/c1-11-8-2-3-9-7(4-8)5-10(13)6-12-9/h2-4,13H,5-6H2,1H3. The van der Waals surface area contributed by atoms with Crippen LogP contribution in [0, 0.1) is 0 Å². The maximum atomic E-state index is 5.43. The van der Waals surface area contributed by atoms with Crippen LogP contribution in [0.25, 0.3) is 0 Å². The van der Waals surface area contributed by atoms with E-state index in [1.165, 1.54) is 0 Å². The van der Waals surface area contributed by atoms with E-state index >= 15 is 0 Å². The van der Waals surface area contributed by atoms with Gasteiger partial charge in [-0.2, -0.15) is 0 Å². The zero-order chi connectivity index (χ0) is 9.26. The third-order valence-corrected chi connectivity index (χ3v) is 2.25. The topological polar surface area (TPSA) is 21.7 Å². The Balaban J connectivity index is 2.32. The second-order valence-electron chi connectivity index (χ2n) is 2.91. The van der Waals surface area contributed by atoms with Crippen LogP contribution in [-0.4, -0.2) is 18.1 Å². The number of hydrogen-bond donors (Lipinski definition) is 1. The van der Waals surface area contributed by atoms with E-state index in [4.69, 9.17) is 9.47 Å². The van der Waals surface area contributed by atoms with Gasteiger partial charge in [0.15, 0.2) is 6.73 Å². The van der Waals surface area contributed by atoms with Crippen LogP contribution in [-0.2, 0) is 6.54 Å². The van der Waals surface area contributed by atoms with Crippen molar-refractivity contribution in [3.63, 3.8) is 0 Å². The molecule has 0 radical (unpaired) electrons. The quantitative estimate of drug-likeness (QED) is 0.692. The van der Waals surface area contributed by atoms with E-state index in [2.05, 4.69) is 12.8 Å². The van der Waals surface area contributed by atoms with Crippen LogP contribution in [0.3, 0.4) is 0 Å². The molecular formula is C9H11NO2S. The number of methoxy groups -OCH3 is 1. The smallest absolute Gasteiger partial charge is 0.151 e. The molecule has 3 nitrogen and oxygen atoms in total. The average Bonchev–Trinajstić information content (AvgIpc) is 2.16.